The van der Waals surface area contributed by atoms with E-state index in [0.717, 1.165) is 38.9 Å². The van der Waals surface area contributed by atoms with E-state index in [2.05, 4.69) is 16.0 Å². The Kier molecular flexibility index (Phi) is 15.6. The molecule has 0 spiro atoms. The normalized spacial score (nSPS) is 12.7. The van der Waals surface area contributed by atoms with E-state index in [1.54, 1.807) is 24.3 Å². The smallest absolute Gasteiger partial charge is 0.449 e. The molecule has 360 valence electrons. The van der Waals surface area contributed by atoms with Gasteiger partial charge in [-0.2, -0.15) is 0 Å². The summed E-state index contributed by atoms with van der Waals surface area (Å²) in [7, 11) is 0. The molecule has 1 aliphatic carbocycles. The number of nitrogens with one attached hydrogen (secondary N) is 3. The average molecular weight is 953 g/mol. The van der Waals surface area contributed by atoms with Crippen LogP contribution >= 0.6 is 0 Å². The Morgan fingerprint density at radius 3 is 1.65 bits per heavy atom. The highest BCUT2D eigenvalue weighted by molar-refractivity contribution is 5.98. The van der Waals surface area contributed by atoms with Gasteiger partial charge in [0.25, 0.3) is 5.69 Å². The molecule has 0 aromatic heterocycles. The summed E-state index contributed by atoms with van der Waals surface area (Å²) in [4.78, 5) is 65.6. The van der Waals surface area contributed by atoms with Gasteiger partial charge in [-0.05, 0) is 81.1 Å². The summed E-state index contributed by atoms with van der Waals surface area (Å²) in [5, 5.41) is 19.5. The van der Waals surface area contributed by atoms with Gasteiger partial charge in [-0.15, -0.1) is 0 Å². The summed E-state index contributed by atoms with van der Waals surface area (Å²) in [5.74, 6) is -1.37. The van der Waals surface area contributed by atoms with Crippen molar-refractivity contribution in [2.75, 3.05) is 18.5 Å². The van der Waals surface area contributed by atoms with E-state index in [4.69, 9.17) is 18.9 Å². The zero-order valence-corrected chi connectivity index (χ0v) is 39.1. The third-order valence-corrected chi connectivity index (χ3v) is 12.1. The summed E-state index contributed by atoms with van der Waals surface area (Å²) < 4.78 is 23.3. The van der Waals surface area contributed by atoms with Crippen LogP contribution in [0.15, 0.2) is 188 Å². The molecule has 14 heteroatoms. The topological polar surface area (TPSA) is 184 Å². The van der Waals surface area contributed by atoms with Crippen molar-refractivity contribution in [3.05, 3.63) is 232 Å². The van der Waals surface area contributed by atoms with Crippen LogP contribution in [0.4, 0.5) is 21.0 Å². The maximum absolute atomic E-state index is 14.8. The summed E-state index contributed by atoms with van der Waals surface area (Å²) >= 11 is 0. The Labute approximate surface area is 411 Å². The highest BCUT2D eigenvalue weighted by atomic mass is 16.7. The number of hydrogen-bond donors (Lipinski definition) is 3. The second-order valence-corrected chi connectivity index (χ2v) is 17.4. The number of hydrogen-bond acceptors (Lipinski definition) is 10. The minimum absolute atomic E-state index is 0.00655. The minimum atomic E-state index is -1.35. The number of ether oxygens (including phenoxy) is 4. The zero-order chi connectivity index (χ0) is 49.7. The molecule has 7 aromatic rings. The van der Waals surface area contributed by atoms with Gasteiger partial charge < -0.3 is 34.9 Å². The second kappa shape index (κ2) is 22.7. The molecule has 14 nitrogen and oxygen atoms in total. The number of nitro benzene ring substituents is 1. The van der Waals surface area contributed by atoms with Crippen LogP contribution < -0.4 is 20.7 Å². The molecule has 3 N–H and O–H groups in total. The van der Waals surface area contributed by atoms with Crippen molar-refractivity contribution in [1.82, 2.24) is 10.6 Å². The number of carbonyl (C=O) groups is 4. The number of alkyl carbamates (subject to hydrolysis) is 1. The first-order chi connectivity index (χ1) is 34.5. The van der Waals surface area contributed by atoms with E-state index >= 15 is 0 Å². The van der Waals surface area contributed by atoms with Crippen molar-refractivity contribution in [3.63, 3.8) is 0 Å². The predicted molar refractivity (Wildman–Crippen MR) is 268 cm³/mol. The fourth-order valence-electron chi connectivity index (χ4n) is 8.73. The molecule has 2 atom stereocenters. The quantitative estimate of drug-likeness (QED) is 0.0232. The van der Waals surface area contributed by atoms with E-state index < -0.39 is 46.7 Å². The van der Waals surface area contributed by atoms with Crippen LogP contribution in [0.5, 0.6) is 5.75 Å². The van der Waals surface area contributed by atoms with Crippen LogP contribution in [-0.4, -0.2) is 54.3 Å². The Bertz CT molecular complexity index is 2810. The molecular formula is C57H52N4O10. The molecule has 0 saturated heterocycles. The standard InChI is InChI=1S/C57H52N4O10/c1-38(2)34-51(53(62)58-43-28-26-39(27-29-43)35-69-56(65)71-45-32-30-44(31-33-45)61(66)67)59-54(63)52(60-55(64)68-36-50-48-24-14-12-22-46(48)47-23-13-15-25-49(47)50)37-70-57(40-16-6-3-7-17-40,41-18-8-4-9-19-41)42-20-10-5-11-21-42/h3-33,38,50-52H,34-37H2,1-2H3,(H,58,62)(H,59,63)(H,60,64)/t51-,52-/m0/s1. The van der Waals surface area contributed by atoms with Gasteiger partial charge in [0.1, 0.15) is 36.6 Å². The summed E-state index contributed by atoms with van der Waals surface area (Å²) in [6.45, 7) is 3.36. The molecule has 8 rings (SSSR count). The number of amides is 3. The largest absolute Gasteiger partial charge is 0.514 e. The monoisotopic (exact) mass is 952 g/mol. The lowest BCUT2D eigenvalue weighted by atomic mass is 9.80. The van der Waals surface area contributed by atoms with Crippen LogP contribution in [0.1, 0.15) is 59.6 Å². The van der Waals surface area contributed by atoms with Crippen LogP contribution in [-0.2, 0) is 36.0 Å². The number of benzene rings is 7. The van der Waals surface area contributed by atoms with E-state index in [-0.39, 0.29) is 49.5 Å². The summed E-state index contributed by atoms with van der Waals surface area (Å²) in [6, 6.07) is 54.1. The second-order valence-electron chi connectivity index (χ2n) is 17.4. The van der Waals surface area contributed by atoms with Crippen molar-refractivity contribution >= 4 is 35.4 Å². The average Bonchev–Trinajstić information content (AvgIpc) is 3.71. The molecule has 71 heavy (non-hydrogen) atoms. The molecule has 0 radical (unpaired) electrons. The molecule has 1 aliphatic rings. The number of fused-ring (bicyclic) bond motifs is 3. The lowest BCUT2D eigenvalue weighted by Gasteiger charge is -2.37. The van der Waals surface area contributed by atoms with E-state index in [1.807, 2.05) is 153 Å². The number of carbonyl (C=O) groups excluding carboxylic acids is 4. The number of non-ortho nitro benzene ring substituents is 1. The van der Waals surface area contributed by atoms with Gasteiger partial charge in [0, 0.05) is 23.7 Å². The molecule has 0 aliphatic heterocycles. The van der Waals surface area contributed by atoms with Gasteiger partial charge in [-0.3, -0.25) is 19.7 Å². The maximum atomic E-state index is 14.8. The maximum Gasteiger partial charge on any atom is 0.514 e. The first-order valence-electron chi connectivity index (χ1n) is 23.2. The Morgan fingerprint density at radius 2 is 1.13 bits per heavy atom. The fourth-order valence-corrected chi connectivity index (χ4v) is 8.73. The van der Waals surface area contributed by atoms with Crippen LogP contribution in [0.2, 0.25) is 0 Å². The number of nitro groups is 1. The Morgan fingerprint density at radius 1 is 0.606 bits per heavy atom. The van der Waals surface area contributed by atoms with Gasteiger partial charge in [0.2, 0.25) is 11.8 Å². The number of rotatable bonds is 19. The third kappa shape index (κ3) is 11.8. The van der Waals surface area contributed by atoms with E-state index in [1.165, 1.54) is 24.3 Å². The summed E-state index contributed by atoms with van der Waals surface area (Å²) in [5.41, 5.74) is 6.16. The summed E-state index contributed by atoms with van der Waals surface area (Å²) in [6.07, 6.45) is -1.60. The molecule has 0 heterocycles. The molecular weight excluding hydrogens is 901 g/mol. The van der Waals surface area contributed by atoms with Crippen molar-refractivity contribution in [2.45, 2.75) is 50.5 Å². The van der Waals surface area contributed by atoms with Gasteiger partial charge in [0.05, 0.1) is 11.5 Å². The lowest BCUT2D eigenvalue weighted by Crippen LogP contribution is -2.55. The predicted octanol–water partition coefficient (Wildman–Crippen LogP) is 10.7. The van der Waals surface area contributed by atoms with Gasteiger partial charge in [0.15, 0.2) is 0 Å². The highest BCUT2D eigenvalue weighted by Gasteiger charge is 2.40. The Hall–Kier alpha value is -8.62. The molecule has 7 aromatic carbocycles. The third-order valence-electron chi connectivity index (χ3n) is 12.1. The minimum Gasteiger partial charge on any atom is -0.449 e. The van der Waals surface area contributed by atoms with Crippen LogP contribution in [0, 0.1) is 16.0 Å². The zero-order valence-electron chi connectivity index (χ0n) is 39.1. The first kappa shape index (κ1) is 48.8. The fraction of sp³-hybridized carbons (Fsp3) is 0.193. The molecule has 0 bridgehead atoms. The van der Waals surface area contributed by atoms with Crippen molar-refractivity contribution < 1.29 is 43.0 Å². The van der Waals surface area contributed by atoms with E-state index in [0.29, 0.717) is 11.3 Å². The molecule has 0 saturated carbocycles. The van der Waals surface area contributed by atoms with Gasteiger partial charge >= 0.3 is 12.2 Å². The SMILES string of the molecule is CC(C)C[C@H](NC(=O)[C@H](COC(c1ccccc1)(c1ccccc1)c1ccccc1)NC(=O)OCC1c2ccccc2-c2ccccc21)C(=O)Nc1ccc(COC(=O)Oc2ccc([N+](=O)[O-])cc2)cc1. The first-order valence-corrected chi connectivity index (χ1v) is 23.2. The van der Waals surface area contributed by atoms with Crippen molar-refractivity contribution in [2.24, 2.45) is 5.92 Å². The van der Waals surface area contributed by atoms with Crippen LogP contribution in [0.3, 0.4) is 0 Å². The number of anilines is 1. The van der Waals surface area contributed by atoms with Crippen molar-refractivity contribution in [3.8, 4) is 16.9 Å². The van der Waals surface area contributed by atoms with Crippen LogP contribution in [0.25, 0.3) is 11.1 Å². The van der Waals surface area contributed by atoms with E-state index in [9.17, 15) is 29.3 Å². The van der Waals surface area contributed by atoms with Gasteiger partial charge in [-0.1, -0.05) is 166 Å². The van der Waals surface area contributed by atoms with Gasteiger partial charge in [-0.25, -0.2) is 9.59 Å². The van der Waals surface area contributed by atoms with Crippen molar-refractivity contribution in [1.29, 1.82) is 0 Å². The molecule has 0 unspecified atom stereocenters. The molecule has 3 amide bonds. The molecule has 0 fully saturated rings. The number of nitrogens with zero attached hydrogens (tertiary/aromatic N) is 1. The Balaban J connectivity index is 1.00. The lowest BCUT2D eigenvalue weighted by molar-refractivity contribution is -0.384. The highest BCUT2D eigenvalue weighted by Crippen LogP contribution is 2.45.